The van der Waals surface area contributed by atoms with Gasteiger partial charge in [-0.05, 0) is 61.1 Å². The summed E-state index contributed by atoms with van der Waals surface area (Å²) in [7, 11) is -0.487. The highest BCUT2D eigenvalue weighted by Crippen LogP contribution is 2.17. The highest BCUT2D eigenvalue weighted by atomic mass is 32.2. The summed E-state index contributed by atoms with van der Waals surface area (Å²) in [5, 5.41) is 9.38. The molecule has 0 unspecified atom stereocenters. The molecule has 0 aliphatic carbocycles. The van der Waals surface area contributed by atoms with Gasteiger partial charge in [0.25, 0.3) is 0 Å². The molecule has 0 radical (unpaired) electrons. The molecule has 0 aliphatic rings. The summed E-state index contributed by atoms with van der Waals surface area (Å²) in [5.41, 5.74) is 2.26. The number of rotatable bonds is 7. The second-order valence-corrected chi connectivity index (χ2v) is 9.65. The SMILES string of the molecule is Cc1cc(Nc2ccc(F)cc2)nc(NC(=S)NCc2ccc(S(=O)(=O)N(C)C)cc2)n1. The van der Waals surface area contributed by atoms with E-state index in [2.05, 4.69) is 25.9 Å². The van der Waals surface area contributed by atoms with Crippen molar-refractivity contribution in [2.45, 2.75) is 18.4 Å². The van der Waals surface area contributed by atoms with Crippen LogP contribution < -0.4 is 16.0 Å². The van der Waals surface area contributed by atoms with Crippen molar-refractivity contribution in [2.75, 3.05) is 24.7 Å². The van der Waals surface area contributed by atoms with Crippen LogP contribution in [0.3, 0.4) is 0 Å². The second-order valence-electron chi connectivity index (χ2n) is 7.09. The number of nitrogens with zero attached hydrogens (tertiary/aromatic N) is 3. The smallest absolute Gasteiger partial charge is 0.242 e. The topological polar surface area (TPSA) is 99.2 Å². The minimum Gasteiger partial charge on any atom is -0.358 e. The second kappa shape index (κ2) is 9.98. The summed E-state index contributed by atoms with van der Waals surface area (Å²) in [6, 6.07) is 14.3. The van der Waals surface area contributed by atoms with Gasteiger partial charge in [-0.15, -0.1) is 0 Å². The highest BCUT2D eigenvalue weighted by molar-refractivity contribution is 7.89. The third kappa shape index (κ3) is 6.19. The molecule has 168 valence electrons. The van der Waals surface area contributed by atoms with Gasteiger partial charge < -0.3 is 16.0 Å². The molecule has 3 rings (SSSR count). The first-order chi connectivity index (χ1) is 15.1. The summed E-state index contributed by atoms with van der Waals surface area (Å²) >= 11 is 5.32. The van der Waals surface area contributed by atoms with Crippen LogP contribution in [0, 0.1) is 12.7 Å². The van der Waals surface area contributed by atoms with Gasteiger partial charge >= 0.3 is 0 Å². The lowest BCUT2D eigenvalue weighted by Gasteiger charge is -2.13. The molecule has 1 aromatic heterocycles. The Hall–Kier alpha value is -3.15. The number of aromatic nitrogens is 2. The Balaban J connectivity index is 1.60. The van der Waals surface area contributed by atoms with E-state index >= 15 is 0 Å². The molecule has 2 aromatic carbocycles. The zero-order valence-corrected chi connectivity index (χ0v) is 19.4. The van der Waals surface area contributed by atoms with Gasteiger partial charge in [0.15, 0.2) is 5.11 Å². The lowest BCUT2D eigenvalue weighted by Crippen LogP contribution is -2.29. The Kier molecular flexibility index (Phi) is 7.33. The van der Waals surface area contributed by atoms with Crippen LogP contribution in [0.5, 0.6) is 0 Å². The van der Waals surface area contributed by atoms with E-state index in [-0.39, 0.29) is 10.7 Å². The van der Waals surface area contributed by atoms with Crippen molar-refractivity contribution >= 4 is 44.8 Å². The maximum absolute atomic E-state index is 13.1. The Morgan fingerprint density at radius 2 is 1.72 bits per heavy atom. The Labute approximate surface area is 192 Å². The minimum absolute atomic E-state index is 0.223. The Morgan fingerprint density at radius 3 is 2.34 bits per heavy atom. The summed E-state index contributed by atoms with van der Waals surface area (Å²) < 4.78 is 38.5. The molecule has 0 atom stereocenters. The monoisotopic (exact) mass is 474 g/mol. The summed E-state index contributed by atoms with van der Waals surface area (Å²) in [6.45, 7) is 2.21. The van der Waals surface area contributed by atoms with Crippen LogP contribution in [0.15, 0.2) is 59.5 Å². The third-order valence-electron chi connectivity index (χ3n) is 4.35. The van der Waals surface area contributed by atoms with Gasteiger partial charge in [-0.3, -0.25) is 0 Å². The maximum Gasteiger partial charge on any atom is 0.242 e. The molecular formula is C21H23FN6O2S2. The van der Waals surface area contributed by atoms with Crippen molar-refractivity contribution in [3.63, 3.8) is 0 Å². The molecule has 3 aromatic rings. The predicted octanol–water partition coefficient (Wildman–Crippen LogP) is 3.40. The van der Waals surface area contributed by atoms with Crippen LogP contribution in [0.1, 0.15) is 11.3 Å². The molecule has 1 heterocycles. The van der Waals surface area contributed by atoms with Crippen molar-refractivity contribution in [3.05, 3.63) is 71.7 Å². The fraction of sp³-hybridized carbons (Fsp3) is 0.190. The average Bonchev–Trinajstić information content (AvgIpc) is 2.73. The number of aryl methyl sites for hydroxylation is 1. The largest absolute Gasteiger partial charge is 0.358 e. The van der Waals surface area contributed by atoms with Gasteiger partial charge in [-0.1, -0.05) is 12.1 Å². The van der Waals surface area contributed by atoms with E-state index in [1.165, 1.54) is 30.5 Å². The van der Waals surface area contributed by atoms with Crippen molar-refractivity contribution in [3.8, 4) is 0 Å². The van der Waals surface area contributed by atoms with E-state index in [0.717, 1.165) is 5.56 Å². The number of nitrogens with one attached hydrogen (secondary N) is 3. The Bertz CT molecular complexity index is 1200. The first-order valence-corrected chi connectivity index (χ1v) is 11.4. The normalized spacial score (nSPS) is 11.3. The average molecular weight is 475 g/mol. The van der Waals surface area contributed by atoms with Crippen molar-refractivity contribution in [1.82, 2.24) is 19.6 Å². The number of thiocarbonyl (C=S) groups is 1. The van der Waals surface area contributed by atoms with Crippen LogP contribution >= 0.6 is 12.2 Å². The van der Waals surface area contributed by atoms with Gasteiger partial charge in [0.2, 0.25) is 16.0 Å². The molecule has 0 saturated heterocycles. The van der Waals surface area contributed by atoms with E-state index in [1.54, 1.807) is 42.5 Å². The molecule has 11 heteroatoms. The fourth-order valence-corrected chi connectivity index (χ4v) is 3.75. The fourth-order valence-electron chi connectivity index (χ4n) is 2.69. The van der Waals surface area contributed by atoms with Gasteiger partial charge in [-0.2, -0.15) is 4.98 Å². The molecule has 0 aliphatic heterocycles. The van der Waals surface area contributed by atoms with Crippen LogP contribution in [-0.4, -0.2) is 41.9 Å². The number of benzene rings is 2. The number of hydrogen-bond acceptors (Lipinski definition) is 6. The van der Waals surface area contributed by atoms with Crippen LogP contribution in [0.25, 0.3) is 0 Å². The lowest BCUT2D eigenvalue weighted by molar-refractivity contribution is 0.520. The molecule has 3 N–H and O–H groups in total. The van der Waals surface area contributed by atoms with Crippen molar-refractivity contribution in [2.24, 2.45) is 0 Å². The molecule has 0 amide bonds. The zero-order valence-electron chi connectivity index (χ0n) is 17.8. The summed E-state index contributed by atoms with van der Waals surface area (Å²) in [6.07, 6.45) is 0. The molecule has 32 heavy (non-hydrogen) atoms. The van der Waals surface area contributed by atoms with Crippen LogP contribution in [0.4, 0.5) is 21.8 Å². The van der Waals surface area contributed by atoms with Gasteiger partial charge in [0.05, 0.1) is 4.90 Å². The maximum atomic E-state index is 13.1. The predicted molar refractivity (Wildman–Crippen MR) is 127 cm³/mol. The van der Waals surface area contributed by atoms with E-state index in [4.69, 9.17) is 12.2 Å². The lowest BCUT2D eigenvalue weighted by atomic mass is 10.2. The van der Waals surface area contributed by atoms with E-state index < -0.39 is 10.0 Å². The molecular weight excluding hydrogens is 451 g/mol. The van der Waals surface area contributed by atoms with Crippen molar-refractivity contribution < 1.29 is 12.8 Å². The number of sulfonamides is 1. The van der Waals surface area contributed by atoms with Gasteiger partial charge in [0, 0.05) is 38.1 Å². The highest BCUT2D eigenvalue weighted by Gasteiger charge is 2.16. The van der Waals surface area contributed by atoms with Crippen LogP contribution in [0.2, 0.25) is 0 Å². The van der Waals surface area contributed by atoms with Gasteiger partial charge in [-0.25, -0.2) is 22.1 Å². The van der Waals surface area contributed by atoms with E-state index in [0.29, 0.717) is 34.8 Å². The quantitative estimate of drug-likeness (QED) is 0.448. The third-order valence-corrected chi connectivity index (χ3v) is 6.43. The standard InChI is InChI=1S/C21H23FN6O2S2/c1-14-12-19(25-17-8-6-16(22)7-9-17)26-20(24-14)27-21(31)23-13-15-4-10-18(11-5-15)32(29,30)28(2)3/h4-12H,13H2,1-3H3,(H3,23,24,25,26,27,31). The number of anilines is 3. The minimum atomic E-state index is -3.46. The molecule has 0 saturated carbocycles. The van der Waals surface area contributed by atoms with Crippen LogP contribution in [-0.2, 0) is 16.6 Å². The summed E-state index contributed by atoms with van der Waals surface area (Å²) in [5.74, 6) is 0.522. The Morgan fingerprint density at radius 1 is 1.06 bits per heavy atom. The molecule has 8 nitrogen and oxygen atoms in total. The number of halogens is 1. The molecule has 0 fully saturated rings. The van der Waals surface area contributed by atoms with E-state index in [1.807, 2.05) is 6.92 Å². The zero-order chi connectivity index (χ0) is 23.3. The molecule has 0 bridgehead atoms. The van der Waals surface area contributed by atoms with E-state index in [9.17, 15) is 12.8 Å². The first kappa shape index (κ1) is 23.5. The van der Waals surface area contributed by atoms with Gasteiger partial charge in [0.1, 0.15) is 11.6 Å². The van der Waals surface area contributed by atoms with Crippen molar-refractivity contribution in [1.29, 1.82) is 0 Å². The number of hydrogen-bond donors (Lipinski definition) is 3. The molecule has 0 spiro atoms. The summed E-state index contributed by atoms with van der Waals surface area (Å²) in [4.78, 5) is 8.92. The first-order valence-electron chi connectivity index (χ1n) is 9.58.